The number of hydrogen-bond acceptors (Lipinski definition) is 5. The van der Waals surface area contributed by atoms with Crippen LogP contribution < -0.4 is 15.5 Å². The molecule has 0 saturated heterocycles. The van der Waals surface area contributed by atoms with E-state index in [2.05, 4.69) is 15.8 Å². The predicted molar refractivity (Wildman–Crippen MR) is 99.4 cm³/mol. The van der Waals surface area contributed by atoms with E-state index in [1.165, 1.54) is 0 Å². The first-order chi connectivity index (χ1) is 12.4. The Bertz CT molecular complexity index is 813. The molecular weight excluding hydrogens is 332 g/mol. The minimum absolute atomic E-state index is 0.0683. The number of amides is 2. The molecule has 26 heavy (non-hydrogen) atoms. The summed E-state index contributed by atoms with van der Waals surface area (Å²) in [5.74, 6) is 0.823. The average molecular weight is 356 g/mol. The maximum atomic E-state index is 12.5. The van der Waals surface area contributed by atoms with Crippen LogP contribution in [0.1, 0.15) is 41.9 Å². The molecule has 7 nitrogen and oxygen atoms in total. The lowest BCUT2D eigenvalue weighted by atomic mass is 9.95. The molecule has 1 aliphatic rings. The lowest BCUT2D eigenvalue weighted by Gasteiger charge is -2.31. The molecule has 2 aromatic rings. The third-order valence-electron chi connectivity index (χ3n) is 4.24. The molecule has 3 rings (SSSR count). The Labute approximate surface area is 152 Å². The van der Waals surface area contributed by atoms with Crippen molar-refractivity contribution in [3.05, 3.63) is 41.2 Å². The van der Waals surface area contributed by atoms with Gasteiger partial charge in [0.1, 0.15) is 5.76 Å². The Kier molecular flexibility index (Phi) is 5.25. The number of fused-ring (bicyclic) bond motifs is 1. The van der Waals surface area contributed by atoms with Gasteiger partial charge in [-0.1, -0.05) is 11.2 Å². The van der Waals surface area contributed by atoms with Crippen LogP contribution in [-0.4, -0.2) is 36.1 Å². The highest BCUT2D eigenvalue weighted by molar-refractivity contribution is 5.98. The molecule has 0 radical (unpaired) electrons. The maximum absolute atomic E-state index is 12.5. The van der Waals surface area contributed by atoms with Crippen molar-refractivity contribution in [2.75, 3.05) is 23.3 Å². The molecule has 0 aliphatic carbocycles. The predicted octanol–water partition coefficient (Wildman–Crippen LogP) is 2.51. The number of benzene rings is 1. The van der Waals surface area contributed by atoms with Crippen molar-refractivity contribution in [2.45, 2.75) is 39.7 Å². The van der Waals surface area contributed by atoms with Gasteiger partial charge in [-0.2, -0.15) is 0 Å². The summed E-state index contributed by atoms with van der Waals surface area (Å²) < 4.78 is 4.96. The van der Waals surface area contributed by atoms with Crippen LogP contribution in [0.4, 0.5) is 11.5 Å². The van der Waals surface area contributed by atoms with E-state index in [0.717, 1.165) is 30.6 Å². The number of nitrogens with zero attached hydrogens (tertiary/aromatic N) is 2. The van der Waals surface area contributed by atoms with Crippen molar-refractivity contribution in [3.63, 3.8) is 0 Å². The molecule has 2 N–H and O–H groups in total. The molecule has 2 heterocycles. The van der Waals surface area contributed by atoms with Crippen LogP contribution in [0.25, 0.3) is 0 Å². The van der Waals surface area contributed by atoms with E-state index in [1.54, 1.807) is 13.0 Å². The highest BCUT2D eigenvalue weighted by Crippen LogP contribution is 2.30. The highest BCUT2D eigenvalue weighted by atomic mass is 16.5. The first-order valence-electron chi connectivity index (χ1n) is 8.85. The fourth-order valence-corrected chi connectivity index (χ4v) is 3.20. The summed E-state index contributed by atoms with van der Waals surface area (Å²) in [6.45, 7) is 6.63. The largest absolute Gasteiger partial charge is 0.362 e. The van der Waals surface area contributed by atoms with Crippen LogP contribution in [0.5, 0.6) is 0 Å². The van der Waals surface area contributed by atoms with Gasteiger partial charge in [-0.15, -0.1) is 0 Å². The molecule has 138 valence electrons. The Morgan fingerprint density at radius 2 is 2.15 bits per heavy atom. The fraction of sp³-hybridized carbons (Fsp3) is 0.421. The van der Waals surface area contributed by atoms with Crippen molar-refractivity contribution in [1.29, 1.82) is 0 Å². The van der Waals surface area contributed by atoms with Crippen molar-refractivity contribution in [2.24, 2.45) is 0 Å². The Morgan fingerprint density at radius 1 is 1.35 bits per heavy atom. The lowest BCUT2D eigenvalue weighted by molar-refractivity contribution is -0.115. The van der Waals surface area contributed by atoms with Crippen molar-refractivity contribution in [3.8, 4) is 0 Å². The molecule has 0 unspecified atom stereocenters. The minimum Gasteiger partial charge on any atom is -0.362 e. The molecule has 0 fully saturated rings. The van der Waals surface area contributed by atoms with Crippen LogP contribution in [0.3, 0.4) is 0 Å². The SMILES string of the molecule is Cc1cc(NC(=O)CN2CCCc3c(C(=O)NC(C)C)cccc32)no1. The van der Waals surface area contributed by atoms with Gasteiger partial charge in [-0.25, -0.2) is 0 Å². The number of anilines is 2. The number of nitrogens with one attached hydrogen (secondary N) is 2. The first kappa shape index (κ1) is 18.0. The third-order valence-corrected chi connectivity index (χ3v) is 4.24. The molecular formula is C19H24N4O3. The second kappa shape index (κ2) is 7.59. The van der Waals surface area contributed by atoms with Gasteiger partial charge in [0.15, 0.2) is 5.82 Å². The van der Waals surface area contributed by atoms with Gasteiger partial charge < -0.3 is 20.1 Å². The van der Waals surface area contributed by atoms with E-state index in [-0.39, 0.29) is 24.4 Å². The van der Waals surface area contributed by atoms with Gasteiger partial charge in [-0.3, -0.25) is 9.59 Å². The molecule has 0 atom stereocenters. The van der Waals surface area contributed by atoms with Gasteiger partial charge in [0.25, 0.3) is 5.91 Å². The standard InChI is InChI=1S/C19H24N4O3/c1-12(2)20-19(25)15-6-4-8-16-14(15)7-5-9-23(16)11-18(24)21-17-10-13(3)26-22-17/h4,6,8,10,12H,5,7,9,11H2,1-3H3,(H,20,25)(H,21,22,24). The van der Waals surface area contributed by atoms with Gasteiger partial charge in [-0.05, 0) is 51.3 Å². The number of aromatic nitrogens is 1. The zero-order chi connectivity index (χ0) is 18.7. The second-order valence-electron chi connectivity index (χ2n) is 6.83. The average Bonchev–Trinajstić information content (AvgIpc) is 2.98. The van der Waals surface area contributed by atoms with Crippen molar-refractivity contribution in [1.82, 2.24) is 10.5 Å². The van der Waals surface area contributed by atoms with E-state index in [4.69, 9.17) is 4.52 Å². The van der Waals surface area contributed by atoms with Gasteiger partial charge in [0.05, 0.1) is 6.54 Å². The maximum Gasteiger partial charge on any atom is 0.251 e. The second-order valence-corrected chi connectivity index (χ2v) is 6.83. The molecule has 2 amide bonds. The van der Waals surface area contributed by atoms with Crippen molar-refractivity contribution >= 4 is 23.3 Å². The Balaban J connectivity index is 1.76. The molecule has 1 aromatic heterocycles. The normalized spacial score (nSPS) is 13.5. The van der Waals surface area contributed by atoms with Gasteiger partial charge in [0, 0.05) is 29.9 Å². The minimum atomic E-state index is -0.164. The number of rotatable bonds is 5. The quantitative estimate of drug-likeness (QED) is 0.859. The summed E-state index contributed by atoms with van der Waals surface area (Å²) in [5, 5.41) is 9.46. The molecule has 1 aliphatic heterocycles. The van der Waals surface area contributed by atoms with Crippen LogP contribution >= 0.6 is 0 Å². The van der Waals surface area contributed by atoms with E-state index in [9.17, 15) is 9.59 Å². The fourth-order valence-electron chi connectivity index (χ4n) is 3.20. The monoisotopic (exact) mass is 356 g/mol. The molecule has 0 bridgehead atoms. The van der Waals surface area contributed by atoms with Gasteiger partial charge >= 0.3 is 0 Å². The summed E-state index contributed by atoms with van der Waals surface area (Å²) >= 11 is 0. The Morgan fingerprint density at radius 3 is 2.85 bits per heavy atom. The molecule has 0 spiro atoms. The van der Waals surface area contributed by atoms with Crippen LogP contribution in [0, 0.1) is 6.92 Å². The number of carbonyl (C=O) groups excluding carboxylic acids is 2. The van der Waals surface area contributed by atoms with E-state index >= 15 is 0 Å². The summed E-state index contributed by atoms with van der Waals surface area (Å²) in [6.07, 6.45) is 1.73. The van der Waals surface area contributed by atoms with Crippen molar-refractivity contribution < 1.29 is 14.1 Å². The third kappa shape index (κ3) is 4.04. The lowest BCUT2D eigenvalue weighted by Crippen LogP contribution is -2.38. The zero-order valence-corrected chi connectivity index (χ0v) is 15.3. The van der Waals surface area contributed by atoms with Crippen LogP contribution in [-0.2, 0) is 11.2 Å². The van der Waals surface area contributed by atoms with Gasteiger partial charge in [0.2, 0.25) is 5.91 Å². The number of hydrogen-bond donors (Lipinski definition) is 2. The van der Waals surface area contributed by atoms with Crippen LogP contribution in [0.15, 0.2) is 28.8 Å². The van der Waals surface area contributed by atoms with E-state index < -0.39 is 0 Å². The Hall–Kier alpha value is -2.83. The summed E-state index contributed by atoms with van der Waals surface area (Å²) in [5.41, 5.74) is 2.63. The summed E-state index contributed by atoms with van der Waals surface area (Å²) in [7, 11) is 0. The summed E-state index contributed by atoms with van der Waals surface area (Å²) in [6, 6.07) is 7.43. The number of carbonyl (C=O) groups is 2. The highest BCUT2D eigenvalue weighted by Gasteiger charge is 2.24. The van der Waals surface area contributed by atoms with E-state index in [0.29, 0.717) is 17.1 Å². The molecule has 0 saturated carbocycles. The number of aryl methyl sites for hydroxylation is 1. The summed E-state index contributed by atoms with van der Waals surface area (Å²) in [4.78, 5) is 26.8. The topological polar surface area (TPSA) is 87.5 Å². The molecule has 1 aromatic carbocycles. The van der Waals surface area contributed by atoms with Crippen LogP contribution in [0.2, 0.25) is 0 Å². The molecule has 7 heteroatoms. The smallest absolute Gasteiger partial charge is 0.251 e. The zero-order valence-electron chi connectivity index (χ0n) is 15.3. The van der Waals surface area contributed by atoms with E-state index in [1.807, 2.05) is 36.9 Å². The first-order valence-corrected chi connectivity index (χ1v) is 8.85.